The van der Waals surface area contributed by atoms with E-state index in [0.29, 0.717) is 18.0 Å². The van der Waals surface area contributed by atoms with Crippen molar-refractivity contribution in [1.29, 1.82) is 0 Å². The number of hydrogen-bond donors (Lipinski definition) is 2. The summed E-state index contributed by atoms with van der Waals surface area (Å²) < 4.78 is 0. The molecule has 2 unspecified atom stereocenters. The van der Waals surface area contributed by atoms with Gasteiger partial charge in [0.1, 0.15) is 5.82 Å². The second-order valence-corrected chi connectivity index (χ2v) is 5.53. The van der Waals surface area contributed by atoms with Gasteiger partial charge in [0.25, 0.3) is 5.56 Å². The summed E-state index contributed by atoms with van der Waals surface area (Å²) in [7, 11) is 0. The second kappa shape index (κ2) is 5.13. The molecule has 1 aromatic heterocycles. The van der Waals surface area contributed by atoms with Crippen molar-refractivity contribution in [2.24, 2.45) is 5.92 Å². The molecule has 0 amide bonds. The Kier molecular flexibility index (Phi) is 3.34. The average molecular weight is 257 g/mol. The molecule has 0 spiro atoms. The van der Waals surface area contributed by atoms with Gasteiger partial charge < -0.3 is 10.3 Å². The molecule has 0 radical (unpaired) electrons. The van der Waals surface area contributed by atoms with Crippen molar-refractivity contribution in [1.82, 2.24) is 15.3 Å². The third-order valence-electron chi connectivity index (χ3n) is 3.91. The Bertz CT molecular complexity index is 635. The van der Waals surface area contributed by atoms with Crippen LogP contribution in [0.15, 0.2) is 29.1 Å². The highest BCUT2D eigenvalue weighted by Gasteiger charge is 2.20. The normalized spacial score (nSPS) is 23.0. The molecular formula is C15H19N3O. The summed E-state index contributed by atoms with van der Waals surface area (Å²) in [6, 6.07) is 8.01. The first-order valence-corrected chi connectivity index (χ1v) is 6.93. The molecular weight excluding hydrogens is 238 g/mol. The summed E-state index contributed by atoms with van der Waals surface area (Å²) >= 11 is 0. The molecule has 2 aromatic rings. The molecule has 1 fully saturated rings. The van der Waals surface area contributed by atoms with Crippen LogP contribution in [0.25, 0.3) is 10.9 Å². The van der Waals surface area contributed by atoms with Crippen LogP contribution in [0.4, 0.5) is 0 Å². The number of rotatable bonds is 3. The van der Waals surface area contributed by atoms with E-state index in [1.54, 1.807) is 6.07 Å². The smallest absolute Gasteiger partial charge is 0.258 e. The number of para-hydroxylation sites is 1. The number of nitrogens with one attached hydrogen (secondary N) is 2. The number of H-pyrrole nitrogens is 1. The molecule has 2 N–H and O–H groups in total. The van der Waals surface area contributed by atoms with Crippen molar-refractivity contribution in [3.8, 4) is 0 Å². The third kappa shape index (κ3) is 2.68. The van der Waals surface area contributed by atoms with E-state index < -0.39 is 0 Å². The number of aromatic amines is 1. The fraction of sp³-hybridized carbons (Fsp3) is 0.467. The molecule has 100 valence electrons. The van der Waals surface area contributed by atoms with Gasteiger partial charge in [0.05, 0.1) is 17.4 Å². The number of benzene rings is 1. The van der Waals surface area contributed by atoms with Crippen molar-refractivity contribution >= 4 is 10.9 Å². The van der Waals surface area contributed by atoms with Crippen LogP contribution in [-0.4, -0.2) is 16.0 Å². The highest BCUT2D eigenvalue weighted by atomic mass is 16.1. The lowest BCUT2D eigenvalue weighted by molar-refractivity contribution is 0.494. The number of nitrogens with zero attached hydrogens (tertiary/aromatic N) is 1. The van der Waals surface area contributed by atoms with Crippen molar-refractivity contribution in [3.05, 3.63) is 40.4 Å². The Morgan fingerprint density at radius 2 is 2.21 bits per heavy atom. The molecule has 0 bridgehead atoms. The zero-order valence-corrected chi connectivity index (χ0v) is 11.1. The quantitative estimate of drug-likeness (QED) is 0.886. The van der Waals surface area contributed by atoms with Gasteiger partial charge in [-0.25, -0.2) is 4.98 Å². The minimum absolute atomic E-state index is 0.0535. The Balaban J connectivity index is 1.76. The van der Waals surface area contributed by atoms with E-state index in [1.165, 1.54) is 19.3 Å². The molecule has 1 aliphatic carbocycles. The van der Waals surface area contributed by atoms with Crippen LogP contribution in [0.3, 0.4) is 0 Å². The van der Waals surface area contributed by atoms with E-state index in [4.69, 9.17) is 0 Å². The van der Waals surface area contributed by atoms with Crippen LogP contribution in [0, 0.1) is 5.92 Å². The maximum absolute atomic E-state index is 11.9. The molecule has 2 atom stereocenters. The van der Waals surface area contributed by atoms with Gasteiger partial charge >= 0.3 is 0 Å². The molecule has 1 heterocycles. The minimum Gasteiger partial charge on any atom is -0.309 e. The predicted molar refractivity (Wildman–Crippen MR) is 76.0 cm³/mol. The monoisotopic (exact) mass is 257 g/mol. The second-order valence-electron chi connectivity index (χ2n) is 5.53. The van der Waals surface area contributed by atoms with Gasteiger partial charge in [0.15, 0.2) is 0 Å². The van der Waals surface area contributed by atoms with E-state index in [0.717, 1.165) is 17.3 Å². The minimum atomic E-state index is -0.0535. The molecule has 1 aromatic carbocycles. The van der Waals surface area contributed by atoms with Crippen LogP contribution in [0.2, 0.25) is 0 Å². The maximum atomic E-state index is 11.9. The summed E-state index contributed by atoms with van der Waals surface area (Å²) in [6.45, 7) is 2.93. The maximum Gasteiger partial charge on any atom is 0.258 e. The number of hydrogen-bond acceptors (Lipinski definition) is 3. The lowest BCUT2D eigenvalue weighted by Crippen LogP contribution is -2.28. The molecule has 19 heavy (non-hydrogen) atoms. The Morgan fingerprint density at radius 3 is 3.00 bits per heavy atom. The van der Waals surface area contributed by atoms with Gasteiger partial charge in [-0.05, 0) is 37.3 Å². The van der Waals surface area contributed by atoms with Crippen LogP contribution in [0.5, 0.6) is 0 Å². The molecule has 1 saturated carbocycles. The van der Waals surface area contributed by atoms with E-state index in [1.807, 2.05) is 18.2 Å². The molecule has 1 aliphatic rings. The van der Waals surface area contributed by atoms with E-state index in [9.17, 15) is 4.79 Å². The first kappa shape index (κ1) is 12.4. The molecule has 0 aliphatic heterocycles. The summed E-state index contributed by atoms with van der Waals surface area (Å²) in [4.78, 5) is 19.3. The van der Waals surface area contributed by atoms with Crippen LogP contribution >= 0.6 is 0 Å². The Morgan fingerprint density at radius 1 is 1.37 bits per heavy atom. The van der Waals surface area contributed by atoms with Crippen LogP contribution in [-0.2, 0) is 6.54 Å². The van der Waals surface area contributed by atoms with Gasteiger partial charge in [0.2, 0.25) is 0 Å². The third-order valence-corrected chi connectivity index (χ3v) is 3.91. The van der Waals surface area contributed by atoms with Crippen molar-refractivity contribution in [2.45, 2.75) is 38.8 Å². The highest BCUT2D eigenvalue weighted by molar-refractivity contribution is 5.77. The zero-order valence-electron chi connectivity index (χ0n) is 11.1. The Labute approximate surface area is 112 Å². The molecule has 0 saturated heterocycles. The fourth-order valence-electron chi connectivity index (χ4n) is 2.85. The van der Waals surface area contributed by atoms with Gasteiger partial charge in [-0.1, -0.05) is 19.1 Å². The van der Waals surface area contributed by atoms with Crippen molar-refractivity contribution < 1.29 is 0 Å². The SMILES string of the molecule is CC1CCC(NCc2nc3ccccc3c(=O)[nH]2)C1. The van der Waals surface area contributed by atoms with Gasteiger partial charge in [-0.2, -0.15) is 0 Å². The van der Waals surface area contributed by atoms with E-state index >= 15 is 0 Å². The summed E-state index contributed by atoms with van der Waals surface area (Å²) in [5.41, 5.74) is 0.713. The van der Waals surface area contributed by atoms with E-state index in [-0.39, 0.29) is 5.56 Å². The fourth-order valence-corrected chi connectivity index (χ4v) is 2.85. The van der Waals surface area contributed by atoms with Crippen molar-refractivity contribution in [2.75, 3.05) is 0 Å². The summed E-state index contributed by atoms with van der Waals surface area (Å²) in [5, 5.41) is 4.14. The predicted octanol–water partition coefficient (Wildman–Crippen LogP) is 2.20. The molecule has 4 nitrogen and oxygen atoms in total. The lowest BCUT2D eigenvalue weighted by atomic mass is 10.1. The number of fused-ring (bicyclic) bond motifs is 1. The Hall–Kier alpha value is -1.68. The zero-order chi connectivity index (χ0) is 13.2. The molecule has 3 rings (SSSR count). The standard InChI is InChI=1S/C15H19N3O/c1-10-6-7-11(8-10)16-9-14-17-13-5-3-2-4-12(13)15(19)18-14/h2-5,10-11,16H,6-9H2,1H3,(H,17,18,19). The largest absolute Gasteiger partial charge is 0.309 e. The van der Waals surface area contributed by atoms with Gasteiger partial charge in [-0.3, -0.25) is 4.79 Å². The number of aromatic nitrogens is 2. The first-order chi connectivity index (χ1) is 9.22. The average Bonchev–Trinajstić information content (AvgIpc) is 2.82. The van der Waals surface area contributed by atoms with E-state index in [2.05, 4.69) is 22.2 Å². The summed E-state index contributed by atoms with van der Waals surface area (Å²) in [5.74, 6) is 1.53. The van der Waals surface area contributed by atoms with Gasteiger partial charge in [0, 0.05) is 6.04 Å². The van der Waals surface area contributed by atoms with Gasteiger partial charge in [-0.15, -0.1) is 0 Å². The topological polar surface area (TPSA) is 57.8 Å². The molecule has 4 heteroatoms. The first-order valence-electron chi connectivity index (χ1n) is 6.93. The highest BCUT2D eigenvalue weighted by Crippen LogP contribution is 2.24. The summed E-state index contributed by atoms with van der Waals surface area (Å²) in [6.07, 6.45) is 3.73. The van der Waals surface area contributed by atoms with Crippen molar-refractivity contribution in [3.63, 3.8) is 0 Å². The van der Waals surface area contributed by atoms with Crippen LogP contribution in [0.1, 0.15) is 32.0 Å². The van der Waals surface area contributed by atoms with Crippen LogP contribution < -0.4 is 10.9 Å². The lowest BCUT2D eigenvalue weighted by Gasteiger charge is -2.11.